The number of rotatable bonds is 6. The second-order valence-corrected chi connectivity index (χ2v) is 18.2. The Morgan fingerprint density at radius 2 is 1.76 bits per heavy atom. The topological polar surface area (TPSA) is 140 Å². The van der Waals surface area contributed by atoms with Gasteiger partial charge >= 0.3 is 5.97 Å². The lowest BCUT2D eigenvalue weighted by molar-refractivity contribution is -0.171. The number of methoxy groups -OCH3 is 3. The zero-order valence-corrected chi connectivity index (χ0v) is 32.7. The Balaban J connectivity index is 1.08. The second kappa shape index (κ2) is 11.1. The van der Waals surface area contributed by atoms with Crippen molar-refractivity contribution in [2.45, 2.75) is 118 Å². The number of fused-ring (bicyclic) bond motifs is 4. The van der Waals surface area contributed by atoms with Crippen molar-refractivity contribution in [3.63, 3.8) is 0 Å². The standard InChI is InChI=1S/C43H54N4O8/c1-7-40-12-11-28-42(13-15-46(38(40)42)20-27(49)35(40)50)23-17-21(9-10-25(23)45(28)3)30-33-36(55-33)41(8-2)19-22(37(51)54-6)34-43(14-16-47(30)39(41)43)24-18-26(48)31(52-4)32(53-5)29(24)44-34/h9-10,17-18,27-28,30,33,35-36,38-39,44,48-50H,7-8,11-16,19-20H2,1-6H3/t27-,28-,30+,33+,35+,36+,38-,39-,40+,41+,42-,43-/m0/s1. The van der Waals surface area contributed by atoms with Crippen molar-refractivity contribution < 1.29 is 39.1 Å². The Morgan fingerprint density at radius 1 is 0.982 bits per heavy atom. The molecule has 0 aromatic heterocycles. The SMILES string of the molecule is CC[C@@]12CC[C@@H]3N(C)c4ccc([C@@H]5[C@H]6O[C@H]6[C@@]6(CC)CC(C(=O)OC)=C7Nc8c(cc(O)c(OC)c8OC)[C@@]78CCN5[C@@H]68)cc4[C@@]34CCN(C[C@H](O)[C@H]1O)[C@@H]24. The third-order valence-electron chi connectivity index (χ3n) is 17.0. The molecule has 6 fully saturated rings. The molecule has 1 saturated carbocycles. The van der Waals surface area contributed by atoms with Crippen molar-refractivity contribution in [2.24, 2.45) is 10.8 Å². The molecule has 11 rings (SSSR count). The molecule has 2 spiro atoms. The van der Waals surface area contributed by atoms with Crippen LogP contribution < -0.4 is 19.7 Å². The zero-order chi connectivity index (χ0) is 38.1. The summed E-state index contributed by atoms with van der Waals surface area (Å²) in [6.07, 6.45) is 4.27. The van der Waals surface area contributed by atoms with Crippen LogP contribution in [0.15, 0.2) is 35.5 Å². The number of piperidine rings is 2. The first-order chi connectivity index (χ1) is 26.5. The van der Waals surface area contributed by atoms with Crippen molar-refractivity contribution in [2.75, 3.05) is 58.2 Å². The van der Waals surface area contributed by atoms with Crippen molar-refractivity contribution >= 4 is 17.3 Å². The van der Waals surface area contributed by atoms with Crippen LogP contribution in [0.5, 0.6) is 17.2 Å². The van der Waals surface area contributed by atoms with Crippen molar-refractivity contribution in [3.8, 4) is 17.2 Å². The van der Waals surface area contributed by atoms with Crippen molar-refractivity contribution in [3.05, 3.63) is 52.2 Å². The van der Waals surface area contributed by atoms with Crippen molar-refractivity contribution in [1.29, 1.82) is 0 Å². The van der Waals surface area contributed by atoms with E-state index in [4.69, 9.17) is 18.9 Å². The molecule has 0 unspecified atom stereocenters. The smallest absolute Gasteiger partial charge is 0.335 e. The molecule has 294 valence electrons. The Bertz CT molecular complexity index is 2070. The van der Waals surface area contributed by atoms with E-state index in [0.717, 1.165) is 68.6 Å². The second-order valence-electron chi connectivity index (χ2n) is 18.2. The summed E-state index contributed by atoms with van der Waals surface area (Å²) in [4.78, 5) is 21.5. The van der Waals surface area contributed by atoms with Crippen LogP contribution in [0, 0.1) is 10.8 Å². The fourth-order valence-electron chi connectivity index (χ4n) is 15.1. The van der Waals surface area contributed by atoms with E-state index in [1.54, 1.807) is 7.11 Å². The summed E-state index contributed by atoms with van der Waals surface area (Å²) in [5, 5.41) is 38.0. The summed E-state index contributed by atoms with van der Waals surface area (Å²) < 4.78 is 23.9. The van der Waals surface area contributed by atoms with E-state index in [1.807, 2.05) is 6.07 Å². The predicted octanol–water partition coefficient (Wildman–Crippen LogP) is 3.95. The first-order valence-electron chi connectivity index (χ1n) is 20.5. The maximum atomic E-state index is 13.8. The molecular formula is C43H54N4O8. The van der Waals surface area contributed by atoms with Gasteiger partial charge in [0.05, 0.1) is 62.4 Å². The molecule has 55 heavy (non-hydrogen) atoms. The third kappa shape index (κ3) is 3.72. The summed E-state index contributed by atoms with van der Waals surface area (Å²) in [7, 11) is 6.81. The van der Waals surface area contributed by atoms with E-state index in [0.29, 0.717) is 30.3 Å². The summed E-state index contributed by atoms with van der Waals surface area (Å²) in [5.74, 6) is 0.345. The number of hydrogen-bond donors (Lipinski definition) is 4. The van der Waals surface area contributed by atoms with Crippen LogP contribution in [0.1, 0.15) is 81.5 Å². The fraction of sp³-hybridized carbons (Fsp3) is 0.651. The van der Waals surface area contributed by atoms with Gasteiger partial charge in [-0.25, -0.2) is 4.79 Å². The number of anilines is 2. The molecule has 2 aromatic carbocycles. The number of carbonyl (C=O) groups is 1. The number of aromatic hydroxyl groups is 1. The molecule has 7 aliphatic heterocycles. The van der Waals surface area contributed by atoms with Crippen LogP contribution in [0.25, 0.3) is 0 Å². The van der Waals surface area contributed by atoms with Gasteiger partial charge in [-0.05, 0) is 80.3 Å². The maximum absolute atomic E-state index is 13.8. The summed E-state index contributed by atoms with van der Waals surface area (Å²) >= 11 is 0. The van der Waals surface area contributed by atoms with Crippen LogP contribution >= 0.6 is 0 Å². The fourth-order valence-corrected chi connectivity index (χ4v) is 15.1. The molecule has 5 saturated heterocycles. The van der Waals surface area contributed by atoms with Crippen LogP contribution in [0.4, 0.5) is 11.4 Å². The highest BCUT2D eigenvalue weighted by molar-refractivity contribution is 5.94. The molecule has 4 N–H and O–H groups in total. The third-order valence-corrected chi connectivity index (χ3v) is 17.0. The van der Waals surface area contributed by atoms with E-state index in [2.05, 4.69) is 59.1 Å². The van der Waals surface area contributed by atoms with Gasteiger partial charge in [-0.3, -0.25) is 9.80 Å². The molecule has 0 bridgehead atoms. The lowest BCUT2D eigenvalue weighted by atomic mass is 9.51. The number of benzene rings is 2. The van der Waals surface area contributed by atoms with Gasteiger partial charge in [0.2, 0.25) is 5.75 Å². The van der Waals surface area contributed by atoms with E-state index in [-0.39, 0.29) is 64.0 Å². The van der Waals surface area contributed by atoms with Gasteiger partial charge in [0.15, 0.2) is 11.5 Å². The van der Waals surface area contributed by atoms with Crippen LogP contribution in [0.2, 0.25) is 0 Å². The average molecular weight is 755 g/mol. The maximum Gasteiger partial charge on any atom is 0.335 e. The molecule has 12 atom stereocenters. The largest absolute Gasteiger partial charge is 0.504 e. The number of nitrogens with one attached hydrogen (secondary N) is 1. The molecule has 2 aromatic rings. The first kappa shape index (κ1) is 34.7. The normalized spacial score (nSPS) is 42.7. The summed E-state index contributed by atoms with van der Waals surface area (Å²) in [6.45, 7) is 6.65. The average Bonchev–Trinajstić information content (AvgIpc) is 3.48. The van der Waals surface area contributed by atoms with Crippen molar-refractivity contribution in [1.82, 2.24) is 9.80 Å². The lowest BCUT2D eigenvalue weighted by Gasteiger charge is -2.61. The van der Waals surface area contributed by atoms with Gasteiger partial charge in [-0.2, -0.15) is 0 Å². The number of nitrogens with zero attached hydrogens (tertiary/aromatic N) is 3. The number of aliphatic hydroxyl groups is 2. The van der Waals surface area contributed by atoms with E-state index < -0.39 is 17.6 Å². The number of hydrogen-bond acceptors (Lipinski definition) is 12. The molecule has 12 nitrogen and oxygen atoms in total. The van der Waals surface area contributed by atoms with Crippen LogP contribution in [0.3, 0.4) is 0 Å². The molecular weight excluding hydrogens is 700 g/mol. The number of aliphatic hydroxyl groups excluding tert-OH is 2. The number of phenolic OH excluding ortho intramolecular Hbond substituents is 1. The molecule has 2 aliphatic carbocycles. The molecule has 9 aliphatic rings. The number of ether oxygens (including phenoxy) is 4. The Labute approximate surface area is 322 Å². The number of phenols is 1. The van der Waals surface area contributed by atoms with Crippen LogP contribution in [-0.4, -0.2) is 122 Å². The van der Waals surface area contributed by atoms with E-state index in [9.17, 15) is 20.1 Å². The van der Waals surface area contributed by atoms with Crippen LogP contribution in [-0.2, 0) is 25.1 Å². The zero-order valence-electron chi connectivity index (χ0n) is 32.7. The van der Waals surface area contributed by atoms with E-state index >= 15 is 0 Å². The van der Waals surface area contributed by atoms with Gasteiger partial charge in [-0.1, -0.05) is 26.0 Å². The Kier molecular flexibility index (Phi) is 7.00. The Hall–Kier alpha value is -3.55. The minimum Gasteiger partial charge on any atom is -0.504 e. The van der Waals surface area contributed by atoms with Gasteiger partial charge in [0, 0.05) is 65.9 Å². The highest BCUT2D eigenvalue weighted by atomic mass is 16.6. The van der Waals surface area contributed by atoms with Gasteiger partial charge in [0.1, 0.15) is 6.10 Å². The Morgan fingerprint density at radius 3 is 2.49 bits per heavy atom. The highest BCUT2D eigenvalue weighted by Gasteiger charge is 2.77. The van der Waals surface area contributed by atoms with Gasteiger partial charge in [0.25, 0.3) is 0 Å². The highest BCUT2D eigenvalue weighted by Crippen LogP contribution is 2.73. The van der Waals surface area contributed by atoms with Gasteiger partial charge in [-0.15, -0.1) is 0 Å². The summed E-state index contributed by atoms with van der Waals surface area (Å²) in [5.41, 5.74) is 5.53. The minimum atomic E-state index is -0.738. The monoisotopic (exact) mass is 754 g/mol. The number of esters is 1. The predicted molar refractivity (Wildman–Crippen MR) is 204 cm³/mol. The molecule has 12 heteroatoms. The number of likely N-dealkylation sites (N-methyl/N-ethyl adjacent to an activating group) is 1. The minimum absolute atomic E-state index is 0.00498. The van der Waals surface area contributed by atoms with Gasteiger partial charge < -0.3 is 44.5 Å². The van der Waals surface area contributed by atoms with E-state index in [1.165, 1.54) is 31.0 Å². The lowest BCUT2D eigenvalue weighted by Crippen LogP contribution is -2.71. The number of carbonyl (C=O) groups excluding carboxylic acids is 1. The molecule has 7 heterocycles. The number of epoxide rings is 1. The molecule has 0 radical (unpaired) electrons. The first-order valence-corrected chi connectivity index (χ1v) is 20.5. The quantitative estimate of drug-likeness (QED) is 0.193. The summed E-state index contributed by atoms with van der Waals surface area (Å²) in [6, 6.07) is 9.45. The molecule has 0 amide bonds.